The molecule has 4 heteroatoms. The molecule has 0 fully saturated rings. The van der Waals surface area contributed by atoms with Gasteiger partial charge in [-0.15, -0.1) is 11.3 Å². The molecule has 19 heavy (non-hydrogen) atoms. The summed E-state index contributed by atoms with van der Waals surface area (Å²) in [5.74, 6) is 0.452. The summed E-state index contributed by atoms with van der Waals surface area (Å²) in [7, 11) is 0. The monoisotopic (exact) mass is 268 g/mol. The Hall–Kier alpha value is -1.94. The van der Waals surface area contributed by atoms with Gasteiger partial charge in [-0.3, -0.25) is 9.36 Å². The Bertz CT molecular complexity index is 818. The summed E-state index contributed by atoms with van der Waals surface area (Å²) in [6.45, 7) is 0.733. The topological polar surface area (TPSA) is 34.9 Å². The number of hydrogen-bond acceptors (Lipinski definition) is 3. The Balaban J connectivity index is 1.70. The van der Waals surface area contributed by atoms with Crippen molar-refractivity contribution in [2.45, 2.75) is 18.9 Å². The average Bonchev–Trinajstić information content (AvgIpc) is 2.87. The number of fused-ring (bicyclic) bond motifs is 2. The van der Waals surface area contributed by atoms with Crippen molar-refractivity contribution in [1.29, 1.82) is 0 Å². The van der Waals surface area contributed by atoms with E-state index < -0.39 is 0 Å². The third-order valence-electron chi connectivity index (χ3n) is 3.81. The third kappa shape index (κ3) is 1.64. The highest BCUT2D eigenvalue weighted by Crippen LogP contribution is 2.35. The second kappa shape index (κ2) is 4.03. The quantitative estimate of drug-likeness (QED) is 0.716. The first-order chi connectivity index (χ1) is 9.33. The summed E-state index contributed by atoms with van der Waals surface area (Å²) >= 11 is 1.47. The molecule has 0 spiro atoms. The first-order valence-corrected chi connectivity index (χ1v) is 7.21. The van der Waals surface area contributed by atoms with E-state index >= 15 is 0 Å². The maximum absolute atomic E-state index is 12.3. The molecule has 0 aliphatic heterocycles. The zero-order valence-corrected chi connectivity index (χ0v) is 11.1. The molecule has 4 rings (SSSR count). The molecule has 2 aromatic heterocycles. The Morgan fingerprint density at radius 3 is 3.11 bits per heavy atom. The molecular weight excluding hydrogens is 256 g/mol. The molecule has 1 unspecified atom stereocenters. The van der Waals surface area contributed by atoms with Crippen LogP contribution in [0, 0.1) is 0 Å². The van der Waals surface area contributed by atoms with Crippen molar-refractivity contribution in [3.8, 4) is 0 Å². The number of nitrogens with zero attached hydrogens (tertiary/aromatic N) is 2. The first kappa shape index (κ1) is 10.9. The van der Waals surface area contributed by atoms with Gasteiger partial charge in [0.2, 0.25) is 0 Å². The van der Waals surface area contributed by atoms with Gasteiger partial charge in [-0.05, 0) is 29.0 Å². The van der Waals surface area contributed by atoms with Gasteiger partial charge in [0, 0.05) is 12.5 Å². The minimum Gasteiger partial charge on any atom is -0.297 e. The van der Waals surface area contributed by atoms with E-state index in [1.54, 1.807) is 10.9 Å². The molecule has 1 aliphatic carbocycles. The third-order valence-corrected chi connectivity index (χ3v) is 4.71. The van der Waals surface area contributed by atoms with Crippen LogP contribution in [0.4, 0.5) is 0 Å². The van der Waals surface area contributed by atoms with Crippen molar-refractivity contribution in [1.82, 2.24) is 9.55 Å². The van der Waals surface area contributed by atoms with Crippen molar-refractivity contribution in [2.24, 2.45) is 0 Å². The lowest BCUT2D eigenvalue weighted by Gasteiger charge is -2.30. The Morgan fingerprint density at radius 1 is 1.32 bits per heavy atom. The standard InChI is InChI=1S/C15H12N2OS/c18-15-14-13(5-6-19-14)16-9-17(15)8-11-7-10-3-1-2-4-12(10)11/h1-6,9,11H,7-8H2. The predicted octanol–water partition coefficient (Wildman–Crippen LogP) is 2.80. The van der Waals surface area contributed by atoms with E-state index in [4.69, 9.17) is 0 Å². The van der Waals surface area contributed by atoms with Crippen LogP contribution in [0.3, 0.4) is 0 Å². The lowest BCUT2D eigenvalue weighted by molar-refractivity contribution is 0.497. The summed E-state index contributed by atoms with van der Waals surface area (Å²) in [5.41, 5.74) is 3.68. The Labute approximate surface area is 114 Å². The molecule has 0 saturated carbocycles. The molecule has 1 atom stereocenters. The highest BCUT2D eigenvalue weighted by molar-refractivity contribution is 7.17. The highest BCUT2D eigenvalue weighted by Gasteiger charge is 2.26. The smallest absolute Gasteiger partial charge is 0.271 e. The number of aromatic nitrogens is 2. The molecule has 3 aromatic rings. The van der Waals surface area contributed by atoms with Gasteiger partial charge in [-0.2, -0.15) is 0 Å². The van der Waals surface area contributed by atoms with Gasteiger partial charge < -0.3 is 0 Å². The lowest BCUT2D eigenvalue weighted by Crippen LogP contribution is -2.28. The fourth-order valence-electron chi connectivity index (χ4n) is 2.77. The zero-order valence-electron chi connectivity index (χ0n) is 10.2. The summed E-state index contributed by atoms with van der Waals surface area (Å²) in [4.78, 5) is 16.7. The van der Waals surface area contributed by atoms with Crippen LogP contribution in [0.5, 0.6) is 0 Å². The van der Waals surface area contributed by atoms with Crippen molar-refractivity contribution in [3.63, 3.8) is 0 Å². The van der Waals surface area contributed by atoms with E-state index in [1.165, 1.54) is 22.5 Å². The van der Waals surface area contributed by atoms with Gasteiger partial charge >= 0.3 is 0 Å². The summed E-state index contributed by atoms with van der Waals surface area (Å²) < 4.78 is 2.51. The molecule has 3 nitrogen and oxygen atoms in total. The fraction of sp³-hybridized carbons (Fsp3) is 0.200. The minimum atomic E-state index is 0.0874. The van der Waals surface area contributed by atoms with Crippen LogP contribution < -0.4 is 5.56 Å². The number of rotatable bonds is 2. The molecular formula is C15H12N2OS. The summed E-state index contributed by atoms with van der Waals surface area (Å²) in [6, 6.07) is 10.3. The van der Waals surface area contributed by atoms with E-state index in [0.717, 1.165) is 23.2 Å². The number of hydrogen-bond donors (Lipinski definition) is 0. The molecule has 1 aliphatic rings. The molecule has 0 N–H and O–H groups in total. The van der Waals surface area contributed by atoms with Crippen LogP contribution in [0.1, 0.15) is 17.0 Å². The van der Waals surface area contributed by atoms with E-state index in [-0.39, 0.29) is 5.56 Å². The first-order valence-electron chi connectivity index (χ1n) is 6.33. The fourth-order valence-corrected chi connectivity index (χ4v) is 3.56. The summed E-state index contributed by atoms with van der Waals surface area (Å²) in [5, 5.41) is 1.92. The van der Waals surface area contributed by atoms with Gasteiger partial charge in [0.05, 0.1) is 11.8 Å². The van der Waals surface area contributed by atoms with Gasteiger partial charge in [-0.1, -0.05) is 24.3 Å². The molecule has 0 radical (unpaired) electrons. The Morgan fingerprint density at radius 2 is 2.21 bits per heavy atom. The number of benzene rings is 1. The lowest BCUT2D eigenvalue weighted by atomic mass is 9.77. The van der Waals surface area contributed by atoms with Crippen LogP contribution in [0.15, 0.2) is 46.8 Å². The molecule has 0 bridgehead atoms. The molecule has 0 saturated heterocycles. The second-order valence-corrected chi connectivity index (χ2v) is 5.85. The highest BCUT2D eigenvalue weighted by atomic mass is 32.1. The SMILES string of the molecule is O=c1c2sccc2ncn1CC1Cc2ccccc21. The van der Waals surface area contributed by atoms with Crippen molar-refractivity contribution >= 4 is 21.6 Å². The van der Waals surface area contributed by atoms with E-state index in [1.807, 2.05) is 11.4 Å². The average molecular weight is 268 g/mol. The van der Waals surface area contributed by atoms with Gasteiger partial charge in [0.25, 0.3) is 5.56 Å². The second-order valence-electron chi connectivity index (χ2n) is 4.94. The van der Waals surface area contributed by atoms with Crippen LogP contribution in [0.25, 0.3) is 10.2 Å². The minimum absolute atomic E-state index is 0.0874. The molecule has 94 valence electrons. The van der Waals surface area contributed by atoms with Gasteiger partial charge in [-0.25, -0.2) is 4.98 Å². The summed E-state index contributed by atoms with van der Waals surface area (Å²) in [6.07, 6.45) is 2.74. The van der Waals surface area contributed by atoms with E-state index in [9.17, 15) is 4.79 Å². The largest absolute Gasteiger partial charge is 0.297 e. The maximum Gasteiger partial charge on any atom is 0.271 e. The maximum atomic E-state index is 12.3. The predicted molar refractivity (Wildman–Crippen MR) is 76.8 cm³/mol. The van der Waals surface area contributed by atoms with Gasteiger partial charge in [0.1, 0.15) is 4.70 Å². The van der Waals surface area contributed by atoms with E-state index in [0.29, 0.717) is 5.92 Å². The van der Waals surface area contributed by atoms with Gasteiger partial charge in [0.15, 0.2) is 0 Å². The number of thiophene rings is 1. The van der Waals surface area contributed by atoms with Crippen molar-refractivity contribution in [3.05, 3.63) is 63.5 Å². The molecule has 2 heterocycles. The van der Waals surface area contributed by atoms with Crippen LogP contribution in [-0.2, 0) is 13.0 Å². The van der Waals surface area contributed by atoms with E-state index in [2.05, 4.69) is 29.2 Å². The molecule has 0 amide bonds. The zero-order chi connectivity index (χ0) is 12.8. The Kier molecular flexibility index (Phi) is 2.32. The van der Waals surface area contributed by atoms with Crippen molar-refractivity contribution < 1.29 is 0 Å². The van der Waals surface area contributed by atoms with Crippen LogP contribution >= 0.6 is 11.3 Å². The van der Waals surface area contributed by atoms with Crippen molar-refractivity contribution in [2.75, 3.05) is 0 Å². The van der Waals surface area contributed by atoms with Crippen LogP contribution in [-0.4, -0.2) is 9.55 Å². The normalized spacial score (nSPS) is 17.2. The van der Waals surface area contributed by atoms with Crippen LogP contribution in [0.2, 0.25) is 0 Å². The molecule has 1 aromatic carbocycles.